The van der Waals surface area contributed by atoms with Crippen molar-refractivity contribution in [1.82, 2.24) is 5.32 Å². The molecular formula is C19H27Cl2NO3. The van der Waals surface area contributed by atoms with Crippen molar-refractivity contribution in [3.05, 3.63) is 29.8 Å². The molecule has 1 atom stereocenters. The van der Waals surface area contributed by atoms with Crippen molar-refractivity contribution < 1.29 is 14.3 Å². The number of rotatable bonds is 9. The Hall–Kier alpha value is -0.970. The first-order chi connectivity index (χ1) is 11.6. The van der Waals surface area contributed by atoms with Crippen LogP contribution in [-0.4, -0.2) is 35.1 Å². The molecular weight excluding hydrogens is 361 g/mol. The van der Waals surface area contributed by atoms with E-state index >= 15 is 0 Å². The van der Waals surface area contributed by atoms with Gasteiger partial charge in [0, 0.05) is 19.1 Å². The molecule has 0 bridgehead atoms. The fourth-order valence-corrected chi connectivity index (χ4v) is 3.05. The summed E-state index contributed by atoms with van der Waals surface area (Å²) in [6, 6.07) is 7.60. The van der Waals surface area contributed by atoms with E-state index < -0.39 is 9.93 Å². The molecule has 0 aliphatic heterocycles. The number of hydrogen-bond donors (Lipinski definition) is 1. The van der Waals surface area contributed by atoms with Gasteiger partial charge in [-0.2, -0.15) is 0 Å². The molecule has 1 aromatic carbocycles. The summed E-state index contributed by atoms with van der Waals surface area (Å²) in [4.78, 5) is 12.3. The first-order valence-corrected chi connectivity index (χ1v) is 9.44. The van der Waals surface area contributed by atoms with Crippen LogP contribution in [0.2, 0.25) is 0 Å². The Morgan fingerprint density at radius 2 is 1.92 bits per heavy atom. The predicted molar refractivity (Wildman–Crippen MR) is 102 cm³/mol. The smallest absolute Gasteiger partial charge is 0.263 e. The number of amides is 1. The van der Waals surface area contributed by atoms with Gasteiger partial charge in [-0.15, -0.1) is 23.2 Å². The lowest BCUT2D eigenvalue weighted by Crippen LogP contribution is -2.47. The van der Waals surface area contributed by atoms with Gasteiger partial charge in [0.1, 0.15) is 10.1 Å². The molecule has 0 spiro atoms. The van der Waals surface area contributed by atoms with E-state index in [1.807, 2.05) is 38.1 Å². The molecule has 0 saturated heterocycles. The average molecular weight is 388 g/mol. The summed E-state index contributed by atoms with van der Waals surface area (Å²) >= 11 is 12.2. The number of ether oxygens (including phenoxy) is 2. The van der Waals surface area contributed by atoms with Crippen molar-refractivity contribution in [2.45, 2.75) is 62.5 Å². The lowest BCUT2D eigenvalue weighted by atomic mass is 10.1. The molecule has 1 aromatic rings. The van der Waals surface area contributed by atoms with E-state index in [1.165, 1.54) is 0 Å². The van der Waals surface area contributed by atoms with Crippen LogP contribution in [0, 0.1) is 0 Å². The summed E-state index contributed by atoms with van der Waals surface area (Å²) in [6.45, 7) is 8.68. The Labute approximate surface area is 160 Å². The third kappa shape index (κ3) is 6.05. The normalized spacial score (nSPS) is 18.9. The number of carbonyl (C=O) groups excluding carboxylic acids is 1. The Bertz CT molecular complexity index is 585. The first kappa shape index (κ1) is 20.3. The van der Waals surface area contributed by atoms with E-state index in [1.54, 1.807) is 13.8 Å². The number of nitrogens with one attached hydrogen (secondary N) is 1. The highest BCUT2D eigenvalue weighted by molar-refractivity contribution is 6.51. The minimum absolute atomic E-state index is 0.149. The highest BCUT2D eigenvalue weighted by Crippen LogP contribution is 2.59. The monoisotopic (exact) mass is 387 g/mol. The Kier molecular flexibility index (Phi) is 6.63. The highest BCUT2D eigenvalue weighted by Gasteiger charge is 2.52. The lowest BCUT2D eigenvalue weighted by Gasteiger charge is -2.25. The Morgan fingerprint density at radius 1 is 1.32 bits per heavy atom. The van der Waals surface area contributed by atoms with Crippen LogP contribution >= 0.6 is 23.2 Å². The third-order valence-corrected chi connectivity index (χ3v) is 4.92. The maximum absolute atomic E-state index is 12.3. The number of halogens is 2. The molecule has 140 valence electrons. The molecule has 2 rings (SSSR count). The summed E-state index contributed by atoms with van der Waals surface area (Å²) in [5, 5.41) is 2.89. The number of carbonyl (C=O) groups is 1. The van der Waals surface area contributed by atoms with Crippen molar-refractivity contribution in [1.29, 1.82) is 0 Å². The molecule has 0 aromatic heterocycles. The van der Waals surface area contributed by atoms with Crippen LogP contribution in [0.3, 0.4) is 0 Å². The van der Waals surface area contributed by atoms with Gasteiger partial charge in [0.05, 0.1) is 6.10 Å². The van der Waals surface area contributed by atoms with Gasteiger partial charge in [0.15, 0.2) is 5.60 Å². The second-order valence-corrected chi connectivity index (χ2v) is 8.77. The zero-order valence-electron chi connectivity index (χ0n) is 15.3. The molecule has 0 radical (unpaired) electrons. The highest BCUT2D eigenvalue weighted by atomic mass is 35.5. The summed E-state index contributed by atoms with van der Waals surface area (Å²) in [7, 11) is 0. The average Bonchev–Trinajstić information content (AvgIpc) is 3.15. The lowest BCUT2D eigenvalue weighted by molar-refractivity contribution is -0.134. The van der Waals surface area contributed by atoms with Gasteiger partial charge in [-0.3, -0.25) is 4.79 Å². The molecule has 1 aliphatic rings. The minimum Gasteiger partial charge on any atom is -0.478 e. The predicted octanol–water partition coefficient (Wildman–Crippen LogP) is 4.44. The van der Waals surface area contributed by atoms with E-state index in [0.29, 0.717) is 18.9 Å². The molecule has 1 saturated carbocycles. The van der Waals surface area contributed by atoms with Crippen LogP contribution < -0.4 is 10.1 Å². The first-order valence-electron chi connectivity index (χ1n) is 8.68. The molecule has 4 nitrogen and oxygen atoms in total. The van der Waals surface area contributed by atoms with Crippen molar-refractivity contribution in [2.75, 3.05) is 13.2 Å². The topological polar surface area (TPSA) is 47.6 Å². The number of benzene rings is 1. The molecule has 1 amide bonds. The Morgan fingerprint density at radius 3 is 2.44 bits per heavy atom. The van der Waals surface area contributed by atoms with Gasteiger partial charge in [-0.1, -0.05) is 12.1 Å². The van der Waals surface area contributed by atoms with Crippen molar-refractivity contribution in [3.63, 3.8) is 0 Å². The van der Waals surface area contributed by atoms with E-state index in [4.69, 9.17) is 32.7 Å². The molecule has 1 N–H and O–H groups in total. The number of hydrogen-bond acceptors (Lipinski definition) is 3. The van der Waals surface area contributed by atoms with E-state index in [0.717, 1.165) is 18.4 Å². The minimum atomic E-state index is -0.956. The second-order valence-electron chi connectivity index (χ2n) is 7.23. The van der Waals surface area contributed by atoms with Crippen molar-refractivity contribution >= 4 is 29.1 Å². The van der Waals surface area contributed by atoms with E-state index in [9.17, 15) is 4.79 Å². The zero-order valence-corrected chi connectivity index (χ0v) is 16.8. The van der Waals surface area contributed by atoms with Gasteiger partial charge >= 0.3 is 0 Å². The van der Waals surface area contributed by atoms with Crippen LogP contribution in [0.15, 0.2) is 24.3 Å². The molecule has 1 fully saturated rings. The maximum atomic E-state index is 12.3. The van der Waals surface area contributed by atoms with Crippen LogP contribution in [0.1, 0.15) is 52.0 Å². The standard InChI is InChI=1S/C19H27Cl2NO3/c1-13(2)24-11-5-10-22-17(23)18(3,4)25-15-8-6-14(7-9-15)16-12-19(16,20)21/h6-9,13,16H,5,10-12H2,1-4H3,(H,22,23)/t16-/m1/s1. The largest absolute Gasteiger partial charge is 0.478 e. The van der Waals surface area contributed by atoms with Crippen LogP contribution in [0.5, 0.6) is 5.75 Å². The van der Waals surface area contributed by atoms with Gasteiger partial charge in [-0.25, -0.2) is 0 Å². The molecule has 0 unspecified atom stereocenters. The van der Waals surface area contributed by atoms with E-state index in [-0.39, 0.29) is 17.9 Å². The fraction of sp³-hybridized carbons (Fsp3) is 0.632. The molecule has 0 heterocycles. The van der Waals surface area contributed by atoms with Crippen molar-refractivity contribution in [3.8, 4) is 5.75 Å². The fourth-order valence-electron chi connectivity index (χ4n) is 2.49. The van der Waals surface area contributed by atoms with Crippen LogP contribution in [0.4, 0.5) is 0 Å². The van der Waals surface area contributed by atoms with Gasteiger partial charge < -0.3 is 14.8 Å². The maximum Gasteiger partial charge on any atom is 0.263 e. The third-order valence-electron chi connectivity index (χ3n) is 4.09. The molecule has 1 aliphatic carbocycles. The molecule has 6 heteroatoms. The van der Waals surface area contributed by atoms with Gasteiger partial charge in [-0.05, 0) is 58.2 Å². The Balaban J connectivity index is 1.80. The zero-order chi connectivity index (χ0) is 18.7. The summed E-state index contributed by atoms with van der Waals surface area (Å²) in [6.07, 6.45) is 1.75. The summed E-state index contributed by atoms with van der Waals surface area (Å²) < 4.78 is 10.7. The van der Waals surface area contributed by atoms with Crippen LogP contribution in [0.25, 0.3) is 0 Å². The SMILES string of the molecule is CC(C)OCCCNC(=O)C(C)(C)Oc1ccc([C@H]2CC2(Cl)Cl)cc1. The second kappa shape index (κ2) is 8.15. The van der Waals surface area contributed by atoms with Crippen LogP contribution in [-0.2, 0) is 9.53 Å². The molecule has 25 heavy (non-hydrogen) atoms. The summed E-state index contributed by atoms with van der Waals surface area (Å²) in [5.41, 5.74) is 0.132. The van der Waals surface area contributed by atoms with E-state index in [2.05, 4.69) is 5.32 Å². The van der Waals surface area contributed by atoms with Gasteiger partial charge in [0.2, 0.25) is 0 Å². The quantitative estimate of drug-likeness (QED) is 0.503. The van der Waals surface area contributed by atoms with Gasteiger partial charge in [0.25, 0.3) is 5.91 Å². The number of alkyl halides is 2. The summed E-state index contributed by atoms with van der Waals surface area (Å²) in [5.74, 6) is 0.667. The van der Waals surface area contributed by atoms with Crippen molar-refractivity contribution in [2.24, 2.45) is 0 Å².